The zero-order valence-corrected chi connectivity index (χ0v) is 9.06. The molecule has 0 amide bonds. The van der Waals surface area contributed by atoms with Gasteiger partial charge < -0.3 is 11.5 Å². The van der Waals surface area contributed by atoms with Gasteiger partial charge in [0.05, 0.1) is 7.05 Å². The number of aromatic nitrogens is 4. The lowest BCUT2D eigenvalue weighted by molar-refractivity contribution is -0.832. The summed E-state index contributed by atoms with van der Waals surface area (Å²) >= 11 is 5.72. The molecule has 16 heavy (non-hydrogen) atoms. The predicted molar refractivity (Wildman–Crippen MR) is 57.0 cm³/mol. The molecule has 0 aliphatic rings. The van der Waals surface area contributed by atoms with Crippen molar-refractivity contribution in [1.29, 1.82) is 0 Å². The molecule has 9 heteroatoms. The van der Waals surface area contributed by atoms with Crippen LogP contribution in [-0.2, 0) is 7.05 Å². The van der Waals surface area contributed by atoms with Gasteiger partial charge in [0.25, 0.3) is 0 Å². The molecule has 0 unspecified atom stereocenters. The van der Waals surface area contributed by atoms with Crippen molar-refractivity contribution in [3.63, 3.8) is 0 Å². The number of nitrogens with zero attached hydrogens (tertiary/aromatic N) is 4. The molecule has 84 valence electrons. The summed E-state index contributed by atoms with van der Waals surface area (Å²) in [4.78, 5) is 11.6. The molecule has 0 aromatic carbocycles. The standard InChI is InChI=1S/C7H8ClN7O/c1-15-7(11)14-6(16-15)2-4(9)13-5(10)3(8)12-2/h1H3,(H5,9,10,11,13,14)/p+1. The molecule has 6 N–H and O–H groups in total. The van der Waals surface area contributed by atoms with Gasteiger partial charge >= 0.3 is 11.8 Å². The van der Waals surface area contributed by atoms with E-state index in [1.165, 1.54) is 4.74 Å². The van der Waals surface area contributed by atoms with Gasteiger partial charge in [-0.2, -0.15) is 0 Å². The summed E-state index contributed by atoms with van der Waals surface area (Å²) in [5.74, 6) is 0.437. The Morgan fingerprint density at radius 2 is 1.81 bits per heavy atom. The molecule has 2 aromatic heterocycles. The monoisotopic (exact) mass is 242 g/mol. The molecule has 0 saturated carbocycles. The second kappa shape index (κ2) is 3.49. The van der Waals surface area contributed by atoms with E-state index in [4.69, 9.17) is 33.3 Å². The molecule has 0 spiro atoms. The van der Waals surface area contributed by atoms with Gasteiger partial charge in [0.1, 0.15) is 0 Å². The van der Waals surface area contributed by atoms with E-state index in [0.717, 1.165) is 0 Å². The SMILES string of the molecule is C[n+]1oc(-c2nc(Cl)c(N)nc2N)nc1N. The zero-order chi connectivity index (χ0) is 11.9. The van der Waals surface area contributed by atoms with Gasteiger partial charge in [0.2, 0.25) is 0 Å². The molecule has 0 aliphatic carbocycles. The van der Waals surface area contributed by atoms with Crippen molar-refractivity contribution in [3.05, 3.63) is 5.15 Å². The van der Waals surface area contributed by atoms with E-state index in [1.54, 1.807) is 7.05 Å². The Balaban J connectivity index is 2.60. The quantitative estimate of drug-likeness (QED) is 0.566. The maximum atomic E-state index is 5.72. The van der Waals surface area contributed by atoms with E-state index in [0.29, 0.717) is 0 Å². The van der Waals surface area contributed by atoms with Gasteiger partial charge in [-0.1, -0.05) is 16.3 Å². The topological polar surface area (TPSA) is 134 Å². The maximum Gasteiger partial charge on any atom is 0.425 e. The Bertz CT molecular complexity index is 532. The van der Waals surface area contributed by atoms with Crippen molar-refractivity contribution >= 4 is 29.2 Å². The molecule has 0 radical (unpaired) electrons. The van der Waals surface area contributed by atoms with Crippen LogP contribution in [0.1, 0.15) is 0 Å². The molecule has 0 bridgehead atoms. The Labute approximate surface area is 95.0 Å². The molecule has 0 aliphatic heterocycles. The number of anilines is 3. The Kier molecular flexibility index (Phi) is 2.27. The fourth-order valence-electron chi connectivity index (χ4n) is 1.07. The largest absolute Gasteiger partial charge is 0.425 e. The highest BCUT2D eigenvalue weighted by Crippen LogP contribution is 2.24. The van der Waals surface area contributed by atoms with Gasteiger partial charge in [-0.05, 0) is 4.98 Å². The second-order valence-electron chi connectivity index (χ2n) is 3.00. The van der Waals surface area contributed by atoms with E-state index in [2.05, 4.69) is 15.0 Å². The number of nitrogens with two attached hydrogens (primary N) is 3. The number of hydrogen-bond donors (Lipinski definition) is 3. The summed E-state index contributed by atoms with van der Waals surface area (Å²) < 4.78 is 6.44. The van der Waals surface area contributed by atoms with Gasteiger partial charge in [-0.25, -0.2) is 9.97 Å². The third kappa shape index (κ3) is 1.58. The molecular formula is C7H9ClN7O+. The fraction of sp³-hybridized carbons (Fsp3) is 0.143. The number of rotatable bonds is 1. The number of halogens is 1. The molecule has 0 fully saturated rings. The average Bonchev–Trinajstić information content (AvgIpc) is 2.53. The number of hydrogen-bond acceptors (Lipinski definition) is 7. The molecule has 2 aromatic rings. The highest BCUT2D eigenvalue weighted by molar-refractivity contribution is 6.31. The Morgan fingerprint density at radius 3 is 2.38 bits per heavy atom. The van der Waals surface area contributed by atoms with Crippen molar-refractivity contribution < 1.29 is 9.26 Å². The van der Waals surface area contributed by atoms with Crippen LogP contribution < -0.4 is 21.9 Å². The van der Waals surface area contributed by atoms with Crippen molar-refractivity contribution in [2.75, 3.05) is 17.2 Å². The highest BCUT2D eigenvalue weighted by atomic mass is 35.5. The first kappa shape index (κ1) is 10.4. The zero-order valence-electron chi connectivity index (χ0n) is 8.31. The van der Waals surface area contributed by atoms with Crippen LogP contribution in [0.2, 0.25) is 5.15 Å². The summed E-state index contributed by atoms with van der Waals surface area (Å²) in [6.45, 7) is 0. The molecule has 0 atom stereocenters. The van der Waals surface area contributed by atoms with Gasteiger partial charge in [0, 0.05) is 0 Å². The maximum absolute atomic E-state index is 5.72. The first-order valence-corrected chi connectivity index (χ1v) is 4.58. The minimum absolute atomic E-state index is 0.0311. The summed E-state index contributed by atoms with van der Waals surface area (Å²) in [6.07, 6.45) is 0. The van der Waals surface area contributed by atoms with E-state index >= 15 is 0 Å². The first-order chi connectivity index (χ1) is 7.49. The van der Waals surface area contributed by atoms with Crippen LogP contribution in [0.4, 0.5) is 17.6 Å². The van der Waals surface area contributed by atoms with Crippen LogP contribution in [0.15, 0.2) is 4.52 Å². The van der Waals surface area contributed by atoms with Crippen LogP contribution in [0.3, 0.4) is 0 Å². The minimum atomic E-state index is 0.0311. The lowest BCUT2D eigenvalue weighted by Crippen LogP contribution is -2.28. The van der Waals surface area contributed by atoms with Gasteiger partial charge in [-0.15, -0.1) is 0 Å². The molecule has 2 rings (SSSR count). The number of nitrogen functional groups attached to an aromatic ring is 3. The summed E-state index contributed by atoms with van der Waals surface area (Å²) in [6, 6.07) is 0. The lowest BCUT2D eigenvalue weighted by Gasteiger charge is -2.00. The molecule has 8 nitrogen and oxygen atoms in total. The van der Waals surface area contributed by atoms with E-state index in [1.807, 2.05) is 0 Å². The fourth-order valence-corrected chi connectivity index (χ4v) is 1.19. The van der Waals surface area contributed by atoms with Crippen LogP contribution in [0, 0.1) is 0 Å². The van der Waals surface area contributed by atoms with Crippen molar-refractivity contribution in [3.8, 4) is 11.6 Å². The van der Waals surface area contributed by atoms with Crippen molar-refractivity contribution in [2.45, 2.75) is 0 Å². The second-order valence-corrected chi connectivity index (χ2v) is 3.36. The predicted octanol–water partition coefficient (Wildman–Crippen LogP) is -0.644. The summed E-state index contributed by atoms with van der Waals surface area (Å²) in [5, 5.41) is 0.0311. The van der Waals surface area contributed by atoms with Crippen LogP contribution in [0.5, 0.6) is 0 Å². The van der Waals surface area contributed by atoms with Crippen molar-refractivity contribution in [2.24, 2.45) is 7.05 Å². The summed E-state index contributed by atoms with van der Waals surface area (Å²) in [5.41, 5.74) is 16.8. The first-order valence-electron chi connectivity index (χ1n) is 4.20. The number of aryl methyl sites for hydroxylation is 1. The van der Waals surface area contributed by atoms with Crippen molar-refractivity contribution in [1.82, 2.24) is 15.0 Å². The normalized spacial score (nSPS) is 10.6. The smallest absolute Gasteiger partial charge is 0.382 e. The van der Waals surface area contributed by atoms with Gasteiger partial charge in [-0.3, -0.25) is 10.3 Å². The lowest BCUT2D eigenvalue weighted by atomic mass is 10.4. The highest BCUT2D eigenvalue weighted by Gasteiger charge is 2.22. The van der Waals surface area contributed by atoms with E-state index < -0.39 is 0 Å². The minimum Gasteiger partial charge on any atom is -0.382 e. The van der Waals surface area contributed by atoms with E-state index in [9.17, 15) is 0 Å². The third-order valence-corrected chi connectivity index (χ3v) is 2.15. The Morgan fingerprint density at radius 1 is 1.12 bits per heavy atom. The van der Waals surface area contributed by atoms with E-state index in [-0.39, 0.29) is 34.3 Å². The average molecular weight is 243 g/mol. The molecule has 0 saturated heterocycles. The third-order valence-electron chi connectivity index (χ3n) is 1.87. The summed E-state index contributed by atoms with van der Waals surface area (Å²) in [7, 11) is 1.59. The molecule has 2 heterocycles. The van der Waals surface area contributed by atoms with Crippen LogP contribution in [0.25, 0.3) is 11.6 Å². The van der Waals surface area contributed by atoms with Crippen LogP contribution in [-0.4, -0.2) is 15.0 Å². The van der Waals surface area contributed by atoms with Crippen LogP contribution >= 0.6 is 11.6 Å². The Hall–Kier alpha value is -2.09. The van der Waals surface area contributed by atoms with Gasteiger partial charge in [0.15, 0.2) is 22.5 Å². The molecular weight excluding hydrogens is 234 g/mol.